The molecule has 1 saturated heterocycles. The first-order valence-corrected chi connectivity index (χ1v) is 3.73. The van der Waals surface area contributed by atoms with Crippen molar-refractivity contribution < 1.29 is 0 Å². The highest BCUT2D eigenvalue weighted by molar-refractivity contribution is 4.69. The van der Waals surface area contributed by atoms with Crippen molar-refractivity contribution >= 4 is 0 Å². The summed E-state index contributed by atoms with van der Waals surface area (Å²) in [6.45, 7) is 2.31. The van der Waals surface area contributed by atoms with Crippen LogP contribution in [0.15, 0.2) is 0 Å². The molecule has 0 amide bonds. The summed E-state index contributed by atoms with van der Waals surface area (Å²) in [7, 11) is 2.14. The lowest BCUT2D eigenvalue weighted by Gasteiger charge is -2.15. The molecule has 0 aromatic rings. The topological polar surface area (TPSA) is 29.3 Å². The standard InChI is InChI=1S/C7H16N2/c1-9-5-3-2-4-7(8)6-9/h7H,2-6,8H2,1H3. The fourth-order valence-corrected chi connectivity index (χ4v) is 1.37. The third-order valence-corrected chi connectivity index (χ3v) is 1.91. The molecule has 2 heteroatoms. The molecular weight excluding hydrogens is 112 g/mol. The minimum absolute atomic E-state index is 0.428. The van der Waals surface area contributed by atoms with Crippen molar-refractivity contribution in [3.05, 3.63) is 0 Å². The summed E-state index contributed by atoms with van der Waals surface area (Å²) in [5, 5.41) is 0. The maximum absolute atomic E-state index is 5.78. The Hall–Kier alpha value is -0.0800. The predicted octanol–water partition coefficient (Wildman–Crippen LogP) is 0.429. The van der Waals surface area contributed by atoms with Crippen molar-refractivity contribution in [1.82, 2.24) is 4.90 Å². The van der Waals surface area contributed by atoms with Crippen LogP contribution in [0.4, 0.5) is 0 Å². The lowest BCUT2D eigenvalue weighted by atomic mass is 10.2. The van der Waals surface area contributed by atoms with Crippen LogP contribution in [0.1, 0.15) is 19.3 Å². The van der Waals surface area contributed by atoms with E-state index in [9.17, 15) is 0 Å². The zero-order valence-electron chi connectivity index (χ0n) is 6.14. The minimum Gasteiger partial charge on any atom is -0.327 e. The SMILES string of the molecule is CN1CCCCC(N)C1. The summed E-state index contributed by atoms with van der Waals surface area (Å²) in [4.78, 5) is 2.32. The molecule has 2 nitrogen and oxygen atoms in total. The fourth-order valence-electron chi connectivity index (χ4n) is 1.37. The zero-order valence-corrected chi connectivity index (χ0v) is 6.14. The van der Waals surface area contributed by atoms with E-state index in [0.29, 0.717) is 6.04 Å². The van der Waals surface area contributed by atoms with Gasteiger partial charge in [0.05, 0.1) is 0 Å². The van der Waals surface area contributed by atoms with Gasteiger partial charge in [0, 0.05) is 12.6 Å². The summed E-state index contributed by atoms with van der Waals surface area (Å²) in [6, 6.07) is 0.428. The number of likely N-dealkylation sites (N-methyl/N-ethyl adjacent to an activating group) is 1. The Morgan fingerprint density at radius 2 is 2.22 bits per heavy atom. The number of nitrogens with two attached hydrogens (primary N) is 1. The van der Waals surface area contributed by atoms with Gasteiger partial charge in [-0.3, -0.25) is 0 Å². The first-order chi connectivity index (χ1) is 4.29. The lowest BCUT2D eigenvalue weighted by Crippen LogP contribution is -2.33. The molecule has 1 aliphatic rings. The zero-order chi connectivity index (χ0) is 6.69. The molecule has 0 aliphatic carbocycles. The normalized spacial score (nSPS) is 32.0. The van der Waals surface area contributed by atoms with Crippen LogP contribution >= 0.6 is 0 Å². The number of likely N-dealkylation sites (tertiary alicyclic amines) is 1. The van der Waals surface area contributed by atoms with Crippen LogP contribution in [-0.4, -0.2) is 31.1 Å². The second-order valence-electron chi connectivity index (χ2n) is 3.02. The lowest BCUT2D eigenvalue weighted by molar-refractivity contribution is 0.333. The molecule has 0 spiro atoms. The van der Waals surface area contributed by atoms with Gasteiger partial charge in [-0.1, -0.05) is 6.42 Å². The first-order valence-electron chi connectivity index (χ1n) is 3.73. The third-order valence-electron chi connectivity index (χ3n) is 1.91. The number of rotatable bonds is 0. The van der Waals surface area contributed by atoms with Gasteiger partial charge in [0.15, 0.2) is 0 Å². The van der Waals surface area contributed by atoms with E-state index < -0.39 is 0 Å². The molecule has 1 heterocycles. The second-order valence-corrected chi connectivity index (χ2v) is 3.02. The van der Waals surface area contributed by atoms with Crippen molar-refractivity contribution in [2.24, 2.45) is 5.73 Å². The van der Waals surface area contributed by atoms with Gasteiger partial charge in [0.1, 0.15) is 0 Å². The molecule has 0 bridgehead atoms. The van der Waals surface area contributed by atoms with Crippen molar-refractivity contribution in [3.63, 3.8) is 0 Å². The van der Waals surface area contributed by atoms with Crippen LogP contribution in [0.5, 0.6) is 0 Å². The largest absolute Gasteiger partial charge is 0.327 e. The maximum atomic E-state index is 5.78. The molecule has 9 heavy (non-hydrogen) atoms. The molecule has 1 unspecified atom stereocenters. The van der Waals surface area contributed by atoms with Crippen molar-refractivity contribution in [2.75, 3.05) is 20.1 Å². The van der Waals surface area contributed by atoms with Crippen LogP contribution < -0.4 is 5.73 Å². The molecular formula is C7H16N2. The smallest absolute Gasteiger partial charge is 0.0167 e. The molecule has 0 aromatic carbocycles. The number of hydrogen-bond donors (Lipinski definition) is 1. The Morgan fingerprint density at radius 1 is 1.44 bits per heavy atom. The average molecular weight is 128 g/mol. The monoisotopic (exact) mass is 128 g/mol. The molecule has 1 aliphatic heterocycles. The Bertz CT molecular complexity index is 73.0. The van der Waals surface area contributed by atoms with E-state index in [4.69, 9.17) is 5.73 Å². The predicted molar refractivity (Wildman–Crippen MR) is 39.3 cm³/mol. The summed E-state index contributed by atoms with van der Waals surface area (Å²) < 4.78 is 0. The van der Waals surface area contributed by atoms with Crippen LogP contribution in [-0.2, 0) is 0 Å². The van der Waals surface area contributed by atoms with Gasteiger partial charge in [0.25, 0.3) is 0 Å². The van der Waals surface area contributed by atoms with E-state index in [-0.39, 0.29) is 0 Å². The molecule has 2 N–H and O–H groups in total. The summed E-state index contributed by atoms with van der Waals surface area (Å²) in [5.41, 5.74) is 5.78. The van der Waals surface area contributed by atoms with Gasteiger partial charge < -0.3 is 10.6 Å². The minimum atomic E-state index is 0.428. The Labute approximate surface area is 57.0 Å². The van der Waals surface area contributed by atoms with Gasteiger partial charge in [-0.25, -0.2) is 0 Å². The summed E-state index contributed by atoms with van der Waals surface area (Å²) in [5.74, 6) is 0. The van der Waals surface area contributed by atoms with E-state index in [2.05, 4.69) is 11.9 Å². The van der Waals surface area contributed by atoms with Crippen molar-refractivity contribution in [1.29, 1.82) is 0 Å². The van der Waals surface area contributed by atoms with E-state index >= 15 is 0 Å². The van der Waals surface area contributed by atoms with Gasteiger partial charge in [0.2, 0.25) is 0 Å². The first kappa shape index (κ1) is 7.03. The highest BCUT2D eigenvalue weighted by atomic mass is 15.1. The van der Waals surface area contributed by atoms with Gasteiger partial charge in [-0.15, -0.1) is 0 Å². The second kappa shape index (κ2) is 3.18. The van der Waals surface area contributed by atoms with Gasteiger partial charge >= 0.3 is 0 Å². The molecule has 0 aromatic heterocycles. The third kappa shape index (κ3) is 2.33. The van der Waals surface area contributed by atoms with Gasteiger partial charge in [-0.2, -0.15) is 0 Å². The highest BCUT2D eigenvalue weighted by Crippen LogP contribution is 2.06. The summed E-state index contributed by atoms with van der Waals surface area (Å²) >= 11 is 0. The van der Waals surface area contributed by atoms with E-state index in [1.54, 1.807) is 0 Å². The van der Waals surface area contributed by atoms with Crippen molar-refractivity contribution in [2.45, 2.75) is 25.3 Å². The van der Waals surface area contributed by atoms with Crippen LogP contribution in [0.2, 0.25) is 0 Å². The summed E-state index contributed by atoms with van der Waals surface area (Å²) in [6.07, 6.45) is 3.85. The van der Waals surface area contributed by atoms with Crippen LogP contribution in [0.25, 0.3) is 0 Å². The van der Waals surface area contributed by atoms with Crippen molar-refractivity contribution in [3.8, 4) is 0 Å². The van der Waals surface area contributed by atoms with Gasteiger partial charge in [-0.05, 0) is 26.4 Å². The Balaban J connectivity index is 2.29. The quantitative estimate of drug-likeness (QED) is 0.512. The Kier molecular flexibility index (Phi) is 2.49. The molecule has 1 rings (SSSR count). The molecule has 1 fully saturated rings. The molecule has 0 saturated carbocycles. The average Bonchev–Trinajstić information content (AvgIpc) is 1.93. The maximum Gasteiger partial charge on any atom is 0.0167 e. The Morgan fingerprint density at radius 3 is 3.00 bits per heavy atom. The molecule has 54 valence electrons. The van der Waals surface area contributed by atoms with Crippen LogP contribution in [0.3, 0.4) is 0 Å². The molecule has 0 radical (unpaired) electrons. The number of hydrogen-bond acceptors (Lipinski definition) is 2. The van der Waals surface area contributed by atoms with E-state index in [1.807, 2.05) is 0 Å². The molecule has 1 atom stereocenters. The highest BCUT2D eigenvalue weighted by Gasteiger charge is 2.10. The van der Waals surface area contributed by atoms with E-state index in [1.165, 1.54) is 25.8 Å². The fraction of sp³-hybridized carbons (Fsp3) is 1.00. The number of nitrogens with zero attached hydrogens (tertiary/aromatic N) is 1. The van der Waals surface area contributed by atoms with Crippen LogP contribution in [0, 0.1) is 0 Å². The van der Waals surface area contributed by atoms with E-state index in [0.717, 1.165) is 6.54 Å².